The number of carbonyl (C=O) groups excluding carboxylic acids is 1. The van der Waals surface area contributed by atoms with E-state index in [0.29, 0.717) is 22.8 Å². The monoisotopic (exact) mass is 365 g/mol. The Morgan fingerprint density at radius 2 is 1.88 bits per heavy atom. The van der Waals surface area contributed by atoms with Gasteiger partial charge in [-0.3, -0.25) is 4.79 Å². The molecule has 1 fully saturated rings. The van der Waals surface area contributed by atoms with E-state index in [1.165, 1.54) is 0 Å². The highest BCUT2D eigenvalue weighted by Gasteiger charge is 2.25. The largest absolute Gasteiger partial charge is 0.381 e. The maximum atomic E-state index is 12.7. The van der Waals surface area contributed by atoms with Gasteiger partial charge in [-0.15, -0.1) is 0 Å². The second-order valence-electron chi connectivity index (χ2n) is 7.37. The van der Waals surface area contributed by atoms with E-state index in [1.807, 2.05) is 38.1 Å². The number of ketones is 1. The highest BCUT2D eigenvalue weighted by molar-refractivity contribution is 6.30. The van der Waals surface area contributed by atoms with Crippen molar-refractivity contribution in [2.45, 2.75) is 58.4 Å². The van der Waals surface area contributed by atoms with E-state index in [4.69, 9.17) is 16.3 Å². The van der Waals surface area contributed by atoms with Gasteiger partial charge in [-0.1, -0.05) is 44.5 Å². The van der Waals surface area contributed by atoms with Gasteiger partial charge in [0.05, 0.1) is 0 Å². The number of hydrogen-bond acceptors (Lipinski definition) is 3. The van der Waals surface area contributed by atoms with Crippen molar-refractivity contribution < 1.29 is 9.53 Å². The predicted octanol–water partition coefficient (Wildman–Crippen LogP) is 4.83. The van der Waals surface area contributed by atoms with E-state index in [9.17, 15) is 4.79 Å². The number of halogens is 1. The summed E-state index contributed by atoms with van der Waals surface area (Å²) < 4.78 is 5.48. The predicted molar refractivity (Wildman–Crippen MR) is 104 cm³/mol. The number of hydrogen-bond donors (Lipinski definition) is 1. The Morgan fingerprint density at radius 3 is 2.44 bits per heavy atom. The van der Waals surface area contributed by atoms with Crippen LogP contribution in [-0.4, -0.2) is 31.6 Å². The van der Waals surface area contributed by atoms with Crippen molar-refractivity contribution in [3.05, 3.63) is 34.9 Å². The molecule has 1 aliphatic heterocycles. The lowest BCUT2D eigenvalue weighted by atomic mass is 9.86. The van der Waals surface area contributed by atoms with E-state index < -0.39 is 0 Å². The highest BCUT2D eigenvalue weighted by atomic mass is 35.5. The van der Waals surface area contributed by atoms with Gasteiger partial charge in [0.1, 0.15) is 5.78 Å². The first-order valence-corrected chi connectivity index (χ1v) is 10.0. The van der Waals surface area contributed by atoms with Crippen LogP contribution in [0.1, 0.15) is 57.9 Å². The Balaban J connectivity index is 1.96. The van der Waals surface area contributed by atoms with Gasteiger partial charge in [-0.2, -0.15) is 0 Å². The van der Waals surface area contributed by atoms with Crippen LogP contribution in [0.15, 0.2) is 24.3 Å². The average Bonchev–Trinajstić information content (AvgIpc) is 2.63. The lowest BCUT2D eigenvalue weighted by molar-refractivity contribution is -0.123. The Labute approximate surface area is 157 Å². The standard InChI is InChI=1S/C21H32ClNO2/c1-4-20(17-10-13-25-14-11-17)23-12-9-19(21(24)15(2)3)16-5-7-18(22)8-6-16/h5-8,15,17,19-20,23H,4,9-14H2,1-3H3/t19-,20?/m1/s1. The molecule has 0 saturated carbocycles. The van der Waals surface area contributed by atoms with Crippen LogP contribution in [0.4, 0.5) is 0 Å². The normalized spacial score (nSPS) is 18.3. The second kappa shape index (κ2) is 10.3. The molecule has 140 valence electrons. The molecule has 0 amide bonds. The molecule has 0 bridgehead atoms. The Hall–Kier alpha value is -0.900. The molecule has 1 aromatic rings. The fraction of sp³-hybridized carbons (Fsp3) is 0.667. The zero-order valence-corrected chi connectivity index (χ0v) is 16.5. The zero-order chi connectivity index (χ0) is 18.2. The fourth-order valence-corrected chi connectivity index (χ4v) is 3.87. The van der Waals surface area contributed by atoms with Crippen LogP contribution in [0.25, 0.3) is 0 Å². The van der Waals surface area contributed by atoms with Crippen LogP contribution in [0.2, 0.25) is 5.02 Å². The lowest BCUT2D eigenvalue weighted by Crippen LogP contribution is -2.39. The van der Waals surface area contributed by atoms with Crippen molar-refractivity contribution in [1.29, 1.82) is 0 Å². The number of Topliss-reactive ketones (excluding diaryl/α,β-unsaturated/α-hetero) is 1. The molecule has 0 radical (unpaired) electrons. The minimum Gasteiger partial charge on any atom is -0.381 e. The van der Waals surface area contributed by atoms with E-state index in [1.54, 1.807) is 0 Å². The second-order valence-corrected chi connectivity index (χ2v) is 7.80. The van der Waals surface area contributed by atoms with Crippen LogP contribution in [-0.2, 0) is 9.53 Å². The van der Waals surface area contributed by atoms with E-state index in [2.05, 4.69) is 12.2 Å². The van der Waals surface area contributed by atoms with Crippen molar-refractivity contribution >= 4 is 17.4 Å². The van der Waals surface area contributed by atoms with Crippen molar-refractivity contribution in [3.63, 3.8) is 0 Å². The number of ether oxygens (including phenoxy) is 1. The van der Waals surface area contributed by atoms with Crippen LogP contribution < -0.4 is 5.32 Å². The Morgan fingerprint density at radius 1 is 1.24 bits per heavy atom. The smallest absolute Gasteiger partial charge is 0.142 e. The molecule has 1 N–H and O–H groups in total. The SMILES string of the molecule is CCC(NCC[C@@H](C(=O)C(C)C)c1ccc(Cl)cc1)C1CCOCC1. The summed E-state index contributed by atoms with van der Waals surface area (Å²) in [5.41, 5.74) is 1.07. The first-order chi connectivity index (χ1) is 12.0. The molecule has 3 nitrogen and oxygen atoms in total. The molecule has 2 atom stereocenters. The average molecular weight is 366 g/mol. The molecule has 4 heteroatoms. The van der Waals surface area contributed by atoms with Crippen molar-refractivity contribution in [1.82, 2.24) is 5.32 Å². The van der Waals surface area contributed by atoms with Gasteiger partial charge in [0.25, 0.3) is 0 Å². The summed E-state index contributed by atoms with van der Waals surface area (Å²) in [7, 11) is 0. The Kier molecular flexibility index (Phi) is 8.41. The van der Waals surface area contributed by atoms with Crippen LogP contribution in [0, 0.1) is 11.8 Å². The van der Waals surface area contributed by atoms with E-state index in [-0.39, 0.29) is 11.8 Å². The molecule has 1 aliphatic rings. The number of nitrogens with one attached hydrogen (secondary N) is 1. The summed E-state index contributed by atoms with van der Waals surface area (Å²) in [6, 6.07) is 8.25. The first kappa shape index (κ1) is 20.4. The van der Waals surface area contributed by atoms with Gasteiger partial charge in [-0.25, -0.2) is 0 Å². The molecule has 1 aromatic carbocycles. The van der Waals surface area contributed by atoms with Gasteiger partial charge in [0, 0.05) is 36.1 Å². The molecule has 1 saturated heterocycles. The summed E-state index contributed by atoms with van der Waals surface area (Å²) in [6.45, 7) is 8.82. The number of rotatable bonds is 9. The van der Waals surface area contributed by atoms with Crippen LogP contribution >= 0.6 is 11.6 Å². The number of benzene rings is 1. The van der Waals surface area contributed by atoms with Crippen molar-refractivity contribution in [2.24, 2.45) is 11.8 Å². The number of carbonyl (C=O) groups is 1. The van der Waals surface area contributed by atoms with Crippen LogP contribution in [0.5, 0.6) is 0 Å². The third-order valence-electron chi connectivity index (χ3n) is 5.30. The maximum Gasteiger partial charge on any atom is 0.142 e. The fourth-order valence-electron chi connectivity index (χ4n) is 3.75. The van der Waals surface area contributed by atoms with Gasteiger partial charge >= 0.3 is 0 Å². The lowest BCUT2D eigenvalue weighted by Gasteiger charge is -2.31. The van der Waals surface area contributed by atoms with E-state index >= 15 is 0 Å². The Bertz CT molecular complexity index is 523. The zero-order valence-electron chi connectivity index (χ0n) is 15.8. The van der Waals surface area contributed by atoms with Crippen molar-refractivity contribution in [3.8, 4) is 0 Å². The van der Waals surface area contributed by atoms with Gasteiger partial charge in [-0.05, 0) is 55.8 Å². The summed E-state index contributed by atoms with van der Waals surface area (Å²) in [6.07, 6.45) is 4.22. The summed E-state index contributed by atoms with van der Waals surface area (Å²) in [4.78, 5) is 12.7. The molecular weight excluding hydrogens is 334 g/mol. The highest BCUT2D eigenvalue weighted by Crippen LogP contribution is 2.26. The first-order valence-electron chi connectivity index (χ1n) is 9.63. The molecule has 0 spiro atoms. The van der Waals surface area contributed by atoms with Crippen molar-refractivity contribution in [2.75, 3.05) is 19.8 Å². The van der Waals surface area contributed by atoms with Gasteiger partial charge < -0.3 is 10.1 Å². The van der Waals surface area contributed by atoms with Crippen LogP contribution in [0.3, 0.4) is 0 Å². The van der Waals surface area contributed by atoms with E-state index in [0.717, 1.165) is 51.0 Å². The topological polar surface area (TPSA) is 38.3 Å². The molecular formula is C21H32ClNO2. The third kappa shape index (κ3) is 6.09. The van der Waals surface area contributed by atoms with Gasteiger partial charge in [0.15, 0.2) is 0 Å². The minimum absolute atomic E-state index is 0.0399. The molecule has 1 unspecified atom stereocenters. The summed E-state index contributed by atoms with van der Waals surface area (Å²) in [5, 5.41) is 4.42. The summed E-state index contributed by atoms with van der Waals surface area (Å²) in [5.74, 6) is 0.979. The van der Waals surface area contributed by atoms with Gasteiger partial charge in [0.2, 0.25) is 0 Å². The molecule has 1 heterocycles. The quantitative estimate of drug-likeness (QED) is 0.680. The molecule has 0 aliphatic carbocycles. The molecule has 2 rings (SSSR count). The molecule has 0 aromatic heterocycles. The summed E-state index contributed by atoms with van der Waals surface area (Å²) >= 11 is 6.00. The third-order valence-corrected chi connectivity index (χ3v) is 5.55. The molecule has 25 heavy (non-hydrogen) atoms. The maximum absolute atomic E-state index is 12.7. The minimum atomic E-state index is -0.0584.